The van der Waals surface area contributed by atoms with Crippen molar-refractivity contribution >= 4 is 17.9 Å². The number of ether oxygens (including phenoxy) is 4. The van der Waals surface area contributed by atoms with E-state index in [1.807, 2.05) is 33.3 Å². The van der Waals surface area contributed by atoms with E-state index in [0.717, 1.165) is 44.9 Å². The molecule has 0 aliphatic carbocycles. The summed E-state index contributed by atoms with van der Waals surface area (Å²) in [5, 5.41) is 9.63. The highest BCUT2D eigenvalue weighted by Crippen LogP contribution is 2.15. The van der Waals surface area contributed by atoms with Crippen molar-refractivity contribution in [1.82, 2.24) is 0 Å². The Morgan fingerprint density at radius 1 is 0.534 bits per heavy atom. The fourth-order valence-corrected chi connectivity index (χ4v) is 6.26. The van der Waals surface area contributed by atoms with Crippen LogP contribution in [0, 0.1) is 0 Å². The third-order valence-corrected chi connectivity index (χ3v) is 9.86. The largest absolute Gasteiger partial charge is 0.477 e. The maximum Gasteiger partial charge on any atom is 0.361 e. The van der Waals surface area contributed by atoms with E-state index < -0.39 is 24.3 Å². The lowest BCUT2D eigenvalue weighted by molar-refractivity contribution is -0.870. The van der Waals surface area contributed by atoms with Gasteiger partial charge in [0.15, 0.2) is 6.10 Å². The lowest BCUT2D eigenvalue weighted by Crippen LogP contribution is -2.40. The molecule has 9 heteroatoms. The SMILES string of the molecule is CC/C=C\C/C=C\C/C=C\C/C=C\CCC(=O)OC(COC(=O)CCCCCCCCCCCCCCCCCCCCCC)COC(OCC[N+](C)(C)C)C(=O)O. The minimum absolute atomic E-state index is 0.139. The number of unbranched alkanes of at least 4 members (excludes halogenated alkanes) is 19. The van der Waals surface area contributed by atoms with Gasteiger partial charge in [-0.25, -0.2) is 4.79 Å². The molecule has 0 bridgehead atoms. The second-order valence-electron chi connectivity index (χ2n) is 16.7. The first-order chi connectivity index (χ1) is 28.1. The zero-order valence-corrected chi connectivity index (χ0v) is 37.9. The number of carbonyl (C=O) groups is 3. The van der Waals surface area contributed by atoms with Crippen LogP contribution >= 0.6 is 0 Å². The molecule has 0 heterocycles. The highest BCUT2D eigenvalue weighted by atomic mass is 16.7. The normalized spacial score (nSPS) is 13.3. The summed E-state index contributed by atoms with van der Waals surface area (Å²) in [4.78, 5) is 37.1. The Hall–Kier alpha value is -2.75. The fourth-order valence-electron chi connectivity index (χ4n) is 6.26. The maximum absolute atomic E-state index is 12.7. The molecule has 2 unspecified atom stereocenters. The number of likely N-dealkylation sites (N-methyl/N-ethyl adjacent to an activating group) is 1. The molecule has 0 fully saturated rings. The van der Waals surface area contributed by atoms with E-state index in [1.54, 1.807) is 0 Å². The second kappa shape index (κ2) is 41.0. The number of nitrogens with zero attached hydrogens (tertiary/aromatic N) is 1. The summed E-state index contributed by atoms with van der Waals surface area (Å²) >= 11 is 0. The van der Waals surface area contributed by atoms with Gasteiger partial charge in [0.05, 0.1) is 34.4 Å². The van der Waals surface area contributed by atoms with Gasteiger partial charge in [-0.05, 0) is 38.5 Å². The van der Waals surface area contributed by atoms with Crippen molar-refractivity contribution in [1.29, 1.82) is 0 Å². The second-order valence-corrected chi connectivity index (χ2v) is 16.7. The maximum atomic E-state index is 12.7. The van der Waals surface area contributed by atoms with E-state index >= 15 is 0 Å². The van der Waals surface area contributed by atoms with Crippen molar-refractivity contribution in [3.05, 3.63) is 48.6 Å². The van der Waals surface area contributed by atoms with Gasteiger partial charge < -0.3 is 28.5 Å². The average Bonchev–Trinajstić information content (AvgIpc) is 3.18. The Balaban J connectivity index is 4.40. The molecule has 0 radical (unpaired) electrons. The van der Waals surface area contributed by atoms with Gasteiger partial charge in [0.1, 0.15) is 13.2 Å². The molecular formula is C49H88NO8+. The van der Waals surface area contributed by atoms with Crippen LogP contribution in [0.15, 0.2) is 48.6 Å². The van der Waals surface area contributed by atoms with Gasteiger partial charge in [0, 0.05) is 12.8 Å². The summed E-state index contributed by atoms with van der Waals surface area (Å²) < 4.78 is 22.6. The van der Waals surface area contributed by atoms with Gasteiger partial charge in [0.2, 0.25) is 0 Å². The summed E-state index contributed by atoms with van der Waals surface area (Å²) in [5.74, 6) is -2.11. The molecule has 58 heavy (non-hydrogen) atoms. The van der Waals surface area contributed by atoms with Gasteiger partial charge >= 0.3 is 17.9 Å². The molecule has 1 N–H and O–H groups in total. The predicted molar refractivity (Wildman–Crippen MR) is 240 cm³/mol. The first kappa shape index (κ1) is 55.2. The number of carboxylic acid groups (broad SMARTS) is 1. The zero-order chi connectivity index (χ0) is 42.8. The quantitative estimate of drug-likeness (QED) is 0.0213. The van der Waals surface area contributed by atoms with E-state index in [-0.39, 0.29) is 38.6 Å². The smallest absolute Gasteiger partial charge is 0.361 e. The molecule has 336 valence electrons. The Bertz CT molecular complexity index is 1090. The van der Waals surface area contributed by atoms with Gasteiger partial charge in [-0.15, -0.1) is 0 Å². The van der Waals surface area contributed by atoms with Crippen LogP contribution in [0.4, 0.5) is 0 Å². The molecule has 0 aromatic rings. The summed E-state index contributed by atoms with van der Waals surface area (Å²) in [5.41, 5.74) is 0. The monoisotopic (exact) mass is 819 g/mol. The van der Waals surface area contributed by atoms with Crippen LogP contribution in [0.5, 0.6) is 0 Å². The van der Waals surface area contributed by atoms with Crippen molar-refractivity contribution in [3.8, 4) is 0 Å². The van der Waals surface area contributed by atoms with Crippen molar-refractivity contribution < 1.29 is 42.9 Å². The summed E-state index contributed by atoms with van der Waals surface area (Å²) in [6.07, 6.45) is 44.9. The number of aliphatic carboxylic acids is 1. The van der Waals surface area contributed by atoms with Crippen LogP contribution in [-0.2, 0) is 33.3 Å². The van der Waals surface area contributed by atoms with Gasteiger partial charge in [-0.2, -0.15) is 0 Å². The molecule has 0 saturated carbocycles. The highest BCUT2D eigenvalue weighted by molar-refractivity contribution is 5.71. The van der Waals surface area contributed by atoms with Gasteiger partial charge in [-0.3, -0.25) is 9.59 Å². The van der Waals surface area contributed by atoms with Crippen LogP contribution < -0.4 is 0 Å². The van der Waals surface area contributed by atoms with E-state index in [2.05, 4.69) is 50.3 Å². The molecule has 0 amide bonds. The third kappa shape index (κ3) is 41.4. The third-order valence-electron chi connectivity index (χ3n) is 9.86. The number of carbonyl (C=O) groups excluding carboxylic acids is 2. The topological polar surface area (TPSA) is 108 Å². The van der Waals surface area contributed by atoms with Gasteiger partial charge in [-0.1, -0.05) is 184 Å². The number of hydrogen-bond donors (Lipinski definition) is 1. The molecule has 0 aliphatic rings. The van der Waals surface area contributed by atoms with Crippen molar-refractivity contribution in [3.63, 3.8) is 0 Å². The van der Waals surface area contributed by atoms with E-state index in [1.165, 1.54) is 109 Å². The molecule has 0 spiro atoms. The predicted octanol–water partition coefficient (Wildman–Crippen LogP) is 12.4. The number of esters is 2. The minimum Gasteiger partial charge on any atom is -0.477 e. The molecular weight excluding hydrogens is 731 g/mol. The van der Waals surface area contributed by atoms with Crippen LogP contribution in [0.2, 0.25) is 0 Å². The van der Waals surface area contributed by atoms with Crippen molar-refractivity contribution in [2.75, 3.05) is 47.5 Å². The number of quaternary nitrogens is 1. The average molecular weight is 819 g/mol. The number of carboxylic acids is 1. The Kier molecular flexibility index (Phi) is 39.1. The van der Waals surface area contributed by atoms with Crippen LogP contribution in [-0.4, -0.2) is 87.4 Å². The van der Waals surface area contributed by atoms with Crippen LogP contribution in [0.25, 0.3) is 0 Å². The first-order valence-electron chi connectivity index (χ1n) is 23.3. The molecule has 0 aromatic carbocycles. The Labute approximate surface area is 355 Å². The molecule has 2 atom stereocenters. The summed E-state index contributed by atoms with van der Waals surface area (Å²) in [6, 6.07) is 0. The lowest BCUT2D eigenvalue weighted by atomic mass is 10.0. The standard InChI is InChI=1S/C49H87NO8/c1-6-8-10-12-14-16-18-20-21-22-23-24-25-26-28-29-31-33-35-37-39-46(51)56-43-45(44-57-49(48(53)54)55-42-41-50(3,4)5)58-47(52)40-38-36-34-32-30-27-19-17-15-13-11-9-7-2/h9,11,15,17,27,30,34,36,45,49H,6-8,10,12-14,16,18-26,28-29,31-33,35,37-44H2,1-5H3/p+1/b11-9-,17-15-,30-27-,36-34-. The Morgan fingerprint density at radius 2 is 0.983 bits per heavy atom. The number of allylic oxidation sites excluding steroid dienone is 8. The Morgan fingerprint density at radius 3 is 1.43 bits per heavy atom. The first-order valence-corrected chi connectivity index (χ1v) is 23.3. The van der Waals surface area contributed by atoms with Gasteiger partial charge in [0.25, 0.3) is 6.29 Å². The lowest BCUT2D eigenvalue weighted by Gasteiger charge is -2.25. The fraction of sp³-hybridized carbons (Fsp3) is 0.776. The number of rotatable bonds is 42. The van der Waals surface area contributed by atoms with Crippen molar-refractivity contribution in [2.45, 2.75) is 200 Å². The zero-order valence-electron chi connectivity index (χ0n) is 37.9. The molecule has 9 nitrogen and oxygen atoms in total. The van der Waals surface area contributed by atoms with Crippen LogP contribution in [0.3, 0.4) is 0 Å². The van der Waals surface area contributed by atoms with E-state index in [0.29, 0.717) is 17.4 Å². The molecule has 0 aliphatic heterocycles. The molecule has 0 saturated heterocycles. The van der Waals surface area contributed by atoms with Crippen LogP contribution in [0.1, 0.15) is 187 Å². The summed E-state index contributed by atoms with van der Waals surface area (Å²) in [7, 11) is 5.93. The minimum atomic E-state index is -1.53. The van der Waals surface area contributed by atoms with E-state index in [4.69, 9.17) is 18.9 Å². The molecule has 0 aromatic heterocycles. The highest BCUT2D eigenvalue weighted by Gasteiger charge is 2.25. The summed E-state index contributed by atoms with van der Waals surface area (Å²) in [6.45, 7) is 4.68. The molecule has 0 rings (SSSR count). The van der Waals surface area contributed by atoms with E-state index in [9.17, 15) is 19.5 Å². The number of hydrogen-bond acceptors (Lipinski definition) is 7. The van der Waals surface area contributed by atoms with Crippen molar-refractivity contribution in [2.24, 2.45) is 0 Å².